The van der Waals surface area contributed by atoms with Gasteiger partial charge < -0.3 is 10.7 Å². The van der Waals surface area contributed by atoms with Crippen LogP contribution >= 0.6 is 11.6 Å². The van der Waals surface area contributed by atoms with E-state index in [2.05, 4.69) is 19.2 Å². The monoisotopic (exact) mass is 765 g/mol. The van der Waals surface area contributed by atoms with E-state index in [1.807, 2.05) is 33.8 Å². The highest BCUT2D eigenvalue weighted by molar-refractivity contribution is 6.35. The van der Waals surface area contributed by atoms with Crippen LogP contribution in [-0.2, 0) is 6.42 Å². The average molecular weight is 766 g/mol. The third kappa shape index (κ3) is 8.53. The van der Waals surface area contributed by atoms with Crippen LogP contribution in [0.15, 0.2) is 41.2 Å². The fraction of sp³-hybridized carbons (Fsp3) is 0.535. The van der Waals surface area contributed by atoms with Gasteiger partial charge in [-0.15, -0.1) is 0 Å². The van der Waals surface area contributed by atoms with Gasteiger partial charge in [-0.3, -0.25) is 9.36 Å². The van der Waals surface area contributed by atoms with Crippen LogP contribution in [-0.4, -0.2) is 32.7 Å². The minimum Gasteiger partial charge on any atom is -0.383 e. The van der Waals surface area contributed by atoms with Crippen molar-refractivity contribution in [2.24, 2.45) is 17.8 Å². The van der Waals surface area contributed by atoms with Gasteiger partial charge in [0.2, 0.25) is 5.92 Å². The summed E-state index contributed by atoms with van der Waals surface area (Å²) in [7, 11) is 0. The molecule has 2 N–H and O–H groups in total. The lowest BCUT2D eigenvalue weighted by molar-refractivity contribution is -0.0384. The highest BCUT2D eigenvalue weighted by Crippen LogP contribution is 2.46. The molecule has 54 heavy (non-hydrogen) atoms. The molecule has 2 aliphatic rings. The molecule has 0 amide bonds. The van der Waals surface area contributed by atoms with Crippen molar-refractivity contribution in [2.45, 2.75) is 123 Å². The minimum absolute atomic E-state index is 0.118. The summed E-state index contributed by atoms with van der Waals surface area (Å²) >= 11 is 6.89. The maximum absolute atomic E-state index is 15.4. The van der Waals surface area contributed by atoms with Gasteiger partial charge in [0.15, 0.2) is 5.65 Å². The van der Waals surface area contributed by atoms with Gasteiger partial charge in [-0.1, -0.05) is 59.6 Å². The summed E-state index contributed by atoms with van der Waals surface area (Å²) in [6.45, 7) is 12.7. The Hall–Kier alpha value is -3.79. The summed E-state index contributed by atoms with van der Waals surface area (Å²) in [6.07, 6.45) is 3.95. The van der Waals surface area contributed by atoms with Crippen LogP contribution < -0.4 is 10.9 Å². The number of nitrogens with one attached hydrogen (secondary N) is 2. The summed E-state index contributed by atoms with van der Waals surface area (Å²) in [5.41, 5.74) is 3.69. The number of hydrogen-bond donors (Lipinski definition) is 2. The van der Waals surface area contributed by atoms with E-state index < -0.39 is 23.5 Å². The van der Waals surface area contributed by atoms with Gasteiger partial charge in [-0.05, 0) is 104 Å². The maximum atomic E-state index is 15.4. The van der Waals surface area contributed by atoms with E-state index >= 15 is 4.79 Å². The van der Waals surface area contributed by atoms with Gasteiger partial charge in [0.1, 0.15) is 17.5 Å². The SMILES string of the molecule is CCC(C)CCNc1c(-n2c(C(Cc3cc(F)cc(F)c3)C(C)C)nc3nc(C4CCC(F)(F)CC4)cc(C4CC4)c3c2=O)ccc(Cl)c1C(=N)C(C)C. The molecule has 0 aliphatic heterocycles. The van der Waals surface area contributed by atoms with Gasteiger partial charge in [0.05, 0.1) is 21.8 Å². The van der Waals surface area contributed by atoms with E-state index in [0.29, 0.717) is 75.4 Å². The van der Waals surface area contributed by atoms with Gasteiger partial charge in [-0.25, -0.2) is 27.5 Å². The average Bonchev–Trinajstić information content (AvgIpc) is 3.95. The zero-order valence-corrected chi connectivity index (χ0v) is 32.9. The predicted molar refractivity (Wildman–Crippen MR) is 210 cm³/mol. The van der Waals surface area contributed by atoms with Gasteiger partial charge in [0.25, 0.3) is 5.56 Å². The number of aromatic nitrogens is 3. The van der Waals surface area contributed by atoms with Crippen LogP contribution in [0.2, 0.25) is 5.02 Å². The summed E-state index contributed by atoms with van der Waals surface area (Å²) < 4.78 is 59.2. The molecule has 2 atom stereocenters. The minimum atomic E-state index is -2.70. The van der Waals surface area contributed by atoms with E-state index in [1.165, 1.54) is 12.1 Å². The van der Waals surface area contributed by atoms with E-state index in [4.69, 9.17) is 27.0 Å². The molecule has 11 heteroatoms. The number of rotatable bonds is 14. The van der Waals surface area contributed by atoms with Crippen molar-refractivity contribution in [3.05, 3.63) is 91.6 Å². The zero-order valence-electron chi connectivity index (χ0n) is 32.1. The Morgan fingerprint density at radius 2 is 1.65 bits per heavy atom. The number of anilines is 1. The van der Waals surface area contributed by atoms with E-state index in [9.17, 15) is 17.6 Å². The molecule has 2 aliphatic carbocycles. The summed E-state index contributed by atoms with van der Waals surface area (Å²) in [4.78, 5) is 25.6. The predicted octanol–water partition coefficient (Wildman–Crippen LogP) is 11.7. The molecular formula is C43H52ClF4N5O. The maximum Gasteiger partial charge on any atom is 0.267 e. The zero-order chi connectivity index (χ0) is 39.1. The topological polar surface area (TPSA) is 83.7 Å². The Balaban J connectivity index is 1.65. The fourth-order valence-corrected chi connectivity index (χ4v) is 7.99. The van der Waals surface area contributed by atoms with Crippen LogP contribution in [0, 0.1) is 34.8 Å². The van der Waals surface area contributed by atoms with Crippen LogP contribution in [0.25, 0.3) is 16.7 Å². The Labute approximate surface area is 320 Å². The molecular weight excluding hydrogens is 714 g/mol. The number of pyridine rings is 1. The Morgan fingerprint density at radius 3 is 2.24 bits per heavy atom. The molecule has 2 heterocycles. The molecule has 6 nitrogen and oxygen atoms in total. The molecule has 0 saturated heterocycles. The number of fused-ring (bicyclic) bond motifs is 1. The number of hydrogen-bond acceptors (Lipinski definition) is 5. The molecule has 4 aromatic rings. The van der Waals surface area contributed by atoms with Crippen LogP contribution in [0.1, 0.15) is 139 Å². The molecule has 2 saturated carbocycles. The highest BCUT2D eigenvalue weighted by atomic mass is 35.5. The first-order valence-corrected chi connectivity index (χ1v) is 19.9. The summed E-state index contributed by atoms with van der Waals surface area (Å²) in [5, 5.41) is 13.5. The second-order valence-electron chi connectivity index (χ2n) is 16.3. The van der Waals surface area contributed by atoms with Crippen molar-refractivity contribution in [1.82, 2.24) is 14.5 Å². The Kier molecular flexibility index (Phi) is 11.9. The van der Waals surface area contributed by atoms with Crippen LogP contribution in [0.5, 0.6) is 0 Å². The molecule has 2 fully saturated rings. The van der Waals surface area contributed by atoms with Gasteiger partial charge in [0, 0.05) is 54.3 Å². The highest BCUT2D eigenvalue weighted by Gasteiger charge is 2.38. The lowest BCUT2D eigenvalue weighted by Crippen LogP contribution is -2.31. The fourth-order valence-electron chi connectivity index (χ4n) is 7.73. The van der Waals surface area contributed by atoms with Crippen molar-refractivity contribution in [3.63, 3.8) is 0 Å². The van der Waals surface area contributed by atoms with E-state index in [1.54, 1.807) is 16.7 Å². The number of alkyl halides is 2. The normalized spacial score (nSPS) is 17.4. The van der Waals surface area contributed by atoms with Crippen molar-refractivity contribution < 1.29 is 17.6 Å². The number of halogens is 5. The molecule has 0 radical (unpaired) electrons. The standard InChI is InChI=1S/C43H52ClF4N5O/c1-7-25(6)14-17-50-39-35(11-10-33(44)37(39)38(49)24(4)5)53-41(31(23(2)3)20-26-18-29(45)21-30(46)19-26)52-40-36(42(53)54)32(27-8-9-27)22-34(51-40)28-12-15-43(47,48)16-13-28/h10-11,18-19,21-25,27-28,31,49-50H,7-9,12-17,20H2,1-6H3. The third-order valence-corrected chi connectivity index (χ3v) is 11.8. The Bertz CT molecular complexity index is 2060. The molecule has 6 rings (SSSR count). The molecule has 0 spiro atoms. The first-order valence-electron chi connectivity index (χ1n) is 19.5. The van der Waals surface area contributed by atoms with E-state index in [0.717, 1.165) is 37.3 Å². The number of nitrogens with zero attached hydrogens (tertiary/aromatic N) is 3. The third-order valence-electron chi connectivity index (χ3n) is 11.4. The van der Waals surface area contributed by atoms with Crippen LogP contribution in [0.4, 0.5) is 23.2 Å². The first-order chi connectivity index (χ1) is 25.6. The largest absolute Gasteiger partial charge is 0.383 e. The summed E-state index contributed by atoms with van der Waals surface area (Å²) in [5.74, 6) is -4.20. The first kappa shape index (κ1) is 39.9. The van der Waals surface area contributed by atoms with Crippen LogP contribution in [0.3, 0.4) is 0 Å². The van der Waals surface area contributed by atoms with Gasteiger partial charge in [-0.2, -0.15) is 0 Å². The van der Waals surface area contributed by atoms with Crippen molar-refractivity contribution in [3.8, 4) is 5.69 Å². The molecule has 2 aromatic heterocycles. The molecule has 2 aromatic carbocycles. The molecule has 290 valence electrons. The van der Waals surface area contributed by atoms with Crippen molar-refractivity contribution >= 4 is 34.0 Å². The number of benzene rings is 2. The van der Waals surface area contributed by atoms with Crippen molar-refractivity contribution in [2.75, 3.05) is 11.9 Å². The lowest BCUT2D eigenvalue weighted by atomic mass is 9.83. The summed E-state index contributed by atoms with van der Waals surface area (Å²) in [6, 6.07) is 8.87. The van der Waals surface area contributed by atoms with Crippen molar-refractivity contribution in [1.29, 1.82) is 5.41 Å². The quantitative estimate of drug-likeness (QED) is 0.0989. The van der Waals surface area contributed by atoms with E-state index in [-0.39, 0.29) is 54.1 Å². The molecule has 2 unspecified atom stereocenters. The second-order valence-corrected chi connectivity index (χ2v) is 16.7. The second kappa shape index (κ2) is 16.1. The smallest absolute Gasteiger partial charge is 0.267 e. The Morgan fingerprint density at radius 1 is 0.981 bits per heavy atom. The van der Waals surface area contributed by atoms with Gasteiger partial charge >= 0.3 is 0 Å². The molecule has 0 bridgehead atoms. The lowest BCUT2D eigenvalue weighted by Gasteiger charge is -2.29.